The number of carboxylic acid groups (broad SMARTS) is 1. The zero-order chi connectivity index (χ0) is 25.6. The molecule has 1 N–H and O–H groups in total. The van der Waals surface area contributed by atoms with Gasteiger partial charge in [-0.25, -0.2) is 18.9 Å². The van der Waals surface area contributed by atoms with E-state index in [0.717, 1.165) is 23.1 Å². The number of halogens is 10. The Morgan fingerprint density at radius 1 is 0.971 bits per heavy atom. The number of nitrogens with zero attached hydrogens (tertiary/aromatic N) is 4. The Morgan fingerprint density at radius 3 is 2.03 bits per heavy atom. The summed E-state index contributed by atoms with van der Waals surface area (Å²) in [5.74, 6) is -0.361. The van der Waals surface area contributed by atoms with E-state index >= 15 is 0 Å². The normalized spacial score (nSPS) is 12.6. The fourth-order valence-corrected chi connectivity index (χ4v) is 3.51. The Balaban J connectivity index is 2.07. The molecule has 2 heterocycles. The molecule has 0 amide bonds. The van der Waals surface area contributed by atoms with Crippen LogP contribution in [0.5, 0.6) is 5.75 Å². The van der Waals surface area contributed by atoms with Crippen LogP contribution in [0.3, 0.4) is 0 Å². The third-order valence-electron chi connectivity index (χ3n) is 4.22. The minimum Gasteiger partial charge on any atom is -0.449 e. The number of alkyl halides is 7. The molecule has 0 saturated carbocycles. The Bertz CT molecular complexity index is 1230. The predicted molar refractivity (Wildman–Crippen MR) is 103 cm³/mol. The monoisotopic (exact) mass is 552 g/mol. The van der Waals surface area contributed by atoms with E-state index < -0.39 is 45.5 Å². The van der Waals surface area contributed by atoms with Crippen molar-refractivity contribution in [2.24, 2.45) is 0 Å². The number of carbonyl (C=O) groups is 1. The maximum absolute atomic E-state index is 14.3. The van der Waals surface area contributed by atoms with Crippen LogP contribution in [0.25, 0.3) is 16.9 Å². The van der Waals surface area contributed by atoms with Gasteiger partial charge in [0, 0.05) is 17.3 Å². The third-order valence-corrected chi connectivity index (χ3v) is 5.08. The molecule has 0 radical (unpaired) electrons. The van der Waals surface area contributed by atoms with Gasteiger partial charge >= 0.3 is 24.2 Å². The van der Waals surface area contributed by atoms with Crippen molar-refractivity contribution in [1.82, 2.24) is 20.0 Å². The minimum atomic E-state index is -6.36. The number of ether oxygens (including phenoxy) is 1. The summed E-state index contributed by atoms with van der Waals surface area (Å²) in [4.78, 5) is 14.4. The summed E-state index contributed by atoms with van der Waals surface area (Å²) in [5, 5.41) is 14.1. The molecule has 0 aliphatic carbocycles. The average molecular weight is 554 g/mol. The van der Waals surface area contributed by atoms with Gasteiger partial charge in [0.15, 0.2) is 10.9 Å². The Morgan fingerprint density at radius 2 is 1.53 bits per heavy atom. The predicted octanol–water partition coefficient (Wildman–Crippen LogP) is 6.64. The van der Waals surface area contributed by atoms with Crippen molar-refractivity contribution in [2.45, 2.75) is 18.0 Å². The number of aromatic nitrogens is 4. The van der Waals surface area contributed by atoms with E-state index in [4.69, 9.17) is 39.9 Å². The molecule has 0 unspecified atom stereocenters. The van der Waals surface area contributed by atoms with Gasteiger partial charge in [-0.1, -0.05) is 40.0 Å². The second-order valence-electron chi connectivity index (χ2n) is 6.37. The second-order valence-corrected chi connectivity index (χ2v) is 7.54. The molecule has 0 spiro atoms. The van der Waals surface area contributed by atoms with Crippen LogP contribution < -0.4 is 4.74 Å². The Hall–Kier alpha value is -2.84. The largest absolute Gasteiger partial charge is 0.511 e. The summed E-state index contributed by atoms with van der Waals surface area (Å²) in [6, 6.07) is 1.36. The quantitative estimate of drug-likeness (QED) is 0.221. The average Bonchev–Trinajstić information content (AvgIpc) is 3.16. The maximum Gasteiger partial charge on any atom is 0.511 e. The summed E-state index contributed by atoms with van der Waals surface area (Å²) in [6.45, 7) is 0. The summed E-state index contributed by atoms with van der Waals surface area (Å²) in [6.07, 6.45) is -12.2. The lowest BCUT2D eigenvalue weighted by atomic mass is 9.94. The van der Waals surface area contributed by atoms with E-state index in [1.54, 1.807) is 0 Å². The van der Waals surface area contributed by atoms with Crippen LogP contribution in [0.2, 0.25) is 15.2 Å². The van der Waals surface area contributed by atoms with Crippen LogP contribution >= 0.6 is 34.8 Å². The smallest absolute Gasteiger partial charge is 0.449 e. The lowest BCUT2D eigenvalue weighted by Gasteiger charge is -2.30. The van der Waals surface area contributed by atoms with Crippen LogP contribution in [0.4, 0.5) is 35.5 Å². The number of benzene rings is 1. The zero-order valence-corrected chi connectivity index (χ0v) is 18.0. The summed E-state index contributed by atoms with van der Waals surface area (Å²) >= 11 is 17.4. The minimum absolute atomic E-state index is 0.0268. The van der Waals surface area contributed by atoms with Gasteiger partial charge in [-0.3, -0.25) is 0 Å². The van der Waals surface area contributed by atoms with E-state index in [0.29, 0.717) is 0 Å². The molecule has 0 saturated heterocycles. The van der Waals surface area contributed by atoms with Crippen molar-refractivity contribution < 1.29 is 45.4 Å². The number of pyridine rings is 1. The van der Waals surface area contributed by atoms with Crippen molar-refractivity contribution >= 4 is 41.0 Å². The molecule has 7 nitrogen and oxygen atoms in total. The lowest BCUT2D eigenvalue weighted by Crippen LogP contribution is -2.50. The molecule has 0 aliphatic rings. The van der Waals surface area contributed by atoms with Gasteiger partial charge in [-0.05, 0) is 18.2 Å². The van der Waals surface area contributed by atoms with Gasteiger partial charge in [0.2, 0.25) is 0 Å². The highest BCUT2D eigenvalue weighted by Crippen LogP contribution is 2.54. The fraction of sp³-hybridized carbons (Fsp3) is 0.176. The lowest BCUT2D eigenvalue weighted by molar-refractivity contribution is -0.348. The molecular formula is C17H6Cl3F7N4O3. The van der Waals surface area contributed by atoms with E-state index in [1.165, 1.54) is 0 Å². The van der Waals surface area contributed by atoms with Crippen LogP contribution in [-0.2, 0) is 5.67 Å². The number of hydrogen-bond acceptors (Lipinski definition) is 5. The molecule has 0 atom stereocenters. The summed E-state index contributed by atoms with van der Waals surface area (Å²) in [5.41, 5.74) is -7.96. The van der Waals surface area contributed by atoms with Crippen LogP contribution in [0.1, 0.15) is 5.56 Å². The molecule has 0 aliphatic heterocycles. The fourth-order valence-electron chi connectivity index (χ4n) is 2.71. The summed E-state index contributed by atoms with van der Waals surface area (Å²) in [7, 11) is 0. The highest BCUT2D eigenvalue weighted by Gasteiger charge is 2.73. The molecule has 3 aromatic rings. The maximum atomic E-state index is 14.3. The van der Waals surface area contributed by atoms with Gasteiger partial charge in [0.1, 0.15) is 11.4 Å². The first-order valence-electron chi connectivity index (χ1n) is 8.37. The first kappa shape index (κ1) is 25.8. The van der Waals surface area contributed by atoms with Crippen molar-refractivity contribution in [3.63, 3.8) is 0 Å². The van der Waals surface area contributed by atoms with Crippen molar-refractivity contribution in [3.05, 3.63) is 51.4 Å². The van der Waals surface area contributed by atoms with Gasteiger partial charge < -0.3 is 9.84 Å². The number of hydrogen-bond donors (Lipinski definition) is 1. The van der Waals surface area contributed by atoms with Crippen LogP contribution in [0.15, 0.2) is 30.6 Å². The topological polar surface area (TPSA) is 90.1 Å². The van der Waals surface area contributed by atoms with Gasteiger partial charge in [0.05, 0.1) is 16.2 Å². The molecule has 182 valence electrons. The molecule has 0 fully saturated rings. The molecule has 34 heavy (non-hydrogen) atoms. The standard InChI is InChI=1S/C17H6Cl3F7N4O3/c18-8-2-7(15(21,16(22,23)24)17(25,26)27)3-9(19)12(8)31-5-10(29-30-31)6-1-11(34-14(32)33)13(20)28-4-6/h1-5H,(H,32,33). The van der Waals surface area contributed by atoms with E-state index in [9.17, 15) is 35.5 Å². The van der Waals surface area contributed by atoms with Crippen molar-refractivity contribution in [2.75, 3.05) is 0 Å². The van der Waals surface area contributed by atoms with E-state index in [-0.39, 0.29) is 34.3 Å². The van der Waals surface area contributed by atoms with Gasteiger partial charge in [0.25, 0.3) is 0 Å². The van der Waals surface area contributed by atoms with Crippen LogP contribution in [-0.4, -0.2) is 43.6 Å². The van der Waals surface area contributed by atoms with Crippen molar-refractivity contribution in [1.29, 1.82) is 0 Å². The Labute approximate surface area is 198 Å². The van der Waals surface area contributed by atoms with E-state index in [2.05, 4.69) is 20.0 Å². The molecule has 2 aromatic heterocycles. The first-order chi connectivity index (χ1) is 15.6. The first-order valence-corrected chi connectivity index (χ1v) is 9.51. The second kappa shape index (κ2) is 8.74. The highest BCUT2D eigenvalue weighted by molar-refractivity contribution is 6.37. The highest BCUT2D eigenvalue weighted by atomic mass is 35.5. The molecule has 17 heteroatoms. The molecule has 3 rings (SSSR count). The number of rotatable bonds is 4. The van der Waals surface area contributed by atoms with Gasteiger partial charge in [-0.2, -0.15) is 26.3 Å². The van der Waals surface area contributed by atoms with E-state index in [1.807, 2.05) is 0 Å². The third kappa shape index (κ3) is 4.57. The van der Waals surface area contributed by atoms with Crippen molar-refractivity contribution in [3.8, 4) is 22.7 Å². The molecule has 0 bridgehead atoms. The molecular weight excluding hydrogens is 548 g/mol. The Kier molecular flexibility index (Phi) is 6.63. The SMILES string of the molecule is O=C(O)Oc1cc(-c2cn(-c3c(Cl)cc(C(F)(C(F)(F)F)C(F)(F)F)cc3Cl)nn2)cnc1Cl. The zero-order valence-electron chi connectivity index (χ0n) is 15.7. The van der Waals surface area contributed by atoms with Crippen LogP contribution in [0, 0.1) is 0 Å². The summed E-state index contributed by atoms with van der Waals surface area (Å²) < 4.78 is 97.8. The van der Waals surface area contributed by atoms with Gasteiger partial charge in [-0.15, -0.1) is 5.10 Å². The molecule has 1 aromatic carbocycles.